The Kier molecular flexibility index (Phi) is 8.23. The quantitative estimate of drug-likeness (QED) is 0.675. The minimum atomic E-state index is -0.715. The molecule has 0 aliphatic carbocycles. The lowest BCUT2D eigenvalue weighted by molar-refractivity contribution is -0.139. The Morgan fingerprint density at radius 3 is 2.06 bits per heavy atom. The Balaban J connectivity index is 4.65. The van der Waals surface area contributed by atoms with E-state index in [9.17, 15) is 4.79 Å². The van der Waals surface area contributed by atoms with E-state index in [-0.39, 0.29) is 6.54 Å². The van der Waals surface area contributed by atoms with Crippen LogP contribution < -0.4 is 0 Å². The highest BCUT2D eigenvalue weighted by Gasteiger charge is 2.24. The van der Waals surface area contributed by atoms with Crippen molar-refractivity contribution in [3.05, 3.63) is 0 Å². The lowest BCUT2D eigenvalue weighted by atomic mass is 9.95. The van der Waals surface area contributed by atoms with Gasteiger partial charge in [0.05, 0.1) is 6.54 Å². The van der Waals surface area contributed by atoms with Crippen molar-refractivity contribution in [1.29, 1.82) is 0 Å². The highest BCUT2D eigenvalue weighted by molar-refractivity contribution is 5.69. The fourth-order valence-electron chi connectivity index (χ4n) is 2.20. The minimum Gasteiger partial charge on any atom is -0.480 e. The molecular formula is C14H29NO2. The van der Waals surface area contributed by atoms with Gasteiger partial charge in [0, 0.05) is 12.1 Å². The van der Waals surface area contributed by atoms with E-state index < -0.39 is 5.97 Å². The summed E-state index contributed by atoms with van der Waals surface area (Å²) in [6.45, 7) is 11.0. The average molecular weight is 243 g/mol. The zero-order valence-electron chi connectivity index (χ0n) is 12.1. The van der Waals surface area contributed by atoms with E-state index in [1.165, 1.54) is 0 Å². The topological polar surface area (TPSA) is 40.5 Å². The van der Waals surface area contributed by atoms with E-state index in [0.717, 1.165) is 25.7 Å². The molecule has 3 heteroatoms. The zero-order chi connectivity index (χ0) is 13.4. The van der Waals surface area contributed by atoms with Crippen LogP contribution in [0.5, 0.6) is 0 Å². The van der Waals surface area contributed by atoms with Gasteiger partial charge in [0.15, 0.2) is 0 Å². The van der Waals surface area contributed by atoms with Crippen LogP contribution in [0.4, 0.5) is 0 Å². The molecule has 0 amide bonds. The normalized spacial score (nSPS) is 16.8. The van der Waals surface area contributed by atoms with Crippen LogP contribution in [0, 0.1) is 5.92 Å². The van der Waals surface area contributed by atoms with Gasteiger partial charge in [-0.05, 0) is 32.1 Å². The molecule has 0 bridgehead atoms. The summed E-state index contributed by atoms with van der Waals surface area (Å²) in [7, 11) is 0. The van der Waals surface area contributed by atoms with Gasteiger partial charge < -0.3 is 5.11 Å². The molecule has 0 spiro atoms. The third-order valence-electron chi connectivity index (χ3n) is 3.79. The number of aliphatic carboxylic acids is 1. The summed E-state index contributed by atoms with van der Waals surface area (Å²) in [6.07, 6.45) is 4.30. The predicted octanol–water partition coefficient (Wildman–Crippen LogP) is 3.39. The van der Waals surface area contributed by atoms with Crippen LogP contribution in [-0.2, 0) is 4.79 Å². The van der Waals surface area contributed by atoms with Crippen LogP contribution in [0.3, 0.4) is 0 Å². The smallest absolute Gasteiger partial charge is 0.317 e. The van der Waals surface area contributed by atoms with Gasteiger partial charge >= 0.3 is 5.97 Å². The molecule has 0 aromatic carbocycles. The monoisotopic (exact) mass is 243 g/mol. The molecule has 3 nitrogen and oxygen atoms in total. The Bertz CT molecular complexity index is 218. The van der Waals surface area contributed by atoms with Crippen LogP contribution in [0.1, 0.15) is 60.3 Å². The van der Waals surface area contributed by atoms with Gasteiger partial charge in [-0.3, -0.25) is 9.69 Å². The average Bonchev–Trinajstić information content (AvgIpc) is 2.31. The number of hydrogen-bond donors (Lipinski definition) is 1. The van der Waals surface area contributed by atoms with Gasteiger partial charge in [0.25, 0.3) is 0 Å². The fraction of sp³-hybridized carbons (Fsp3) is 0.929. The zero-order valence-corrected chi connectivity index (χ0v) is 12.1. The van der Waals surface area contributed by atoms with Gasteiger partial charge in [-0.1, -0.05) is 34.1 Å². The highest BCUT2D eigenvalue weighted by atomic mass is 16.4. The van der Waals surface area contributed by atoms with Gasteiger partial charge in [-0.2, -0.15) is 0 Å². The molecule has 17 heavy (non-hydrogen) atoms. The molecule has 3 atom stereocenters. The molecule has 0 aromatic rings. The van der Waals surface area contributed by atoms with Crippen molar-refractivity contribution in [2.45, 2.75) is 72.4 Å². The molecule has 0 rings (SSSR count). The molecule has 0 aromatic heterocycles. The first-order valence-corrected chi connectivity index (χ1v) is 6.93. The van der Waals surface area contributed by atoms with E-state index >= 15 is 0 Å². The molecule has 0 radical (unpaired) electrons. The molecule has 3 unspecified atom stereocenters. The standard InChI is InChI=1S/C14H29NO2/c1-6-11(4)9-13(8-3)15(10-14(16)17)12(5)7-2/h11-13H,6-10H2,1-5H3,(H,16,17). The summed E-state index contributed by atoms with van der Waals surface area (Å²) in [5.74, 6) is -0.0480. The summed E-state index contributed by atoms with van der Waals surface area (Å²) in [6, 6.07) is 0.746. The van der Waals surface area contributed by atoms with Crippen molar-refractivity contribution < 1.29 is 9.90 Å². The third kappa shape index (κ3) is 6.06. The highest BCUT2D eigenvalue weighted by Crippen LogP contribution is 2.20. The molecular weight excluding hydrogens is 214 g/mol. The first-order valence-electron chi connectivity index (χ1n) is 6.93. The van der Waals surface area contributed by atoms with E-state index in [4.69, 9.17) is 5.11 Å². The second-order valence-corrected chi connectivity index (χ2v) is 5.13. The van der Waals surface area contributed by atoms with E-state index in [1.807, 2.05) is 0 Å². The number of carboxylic acid groups (broad SMARTS) is 1. The summed E-state index contributed by atoms with van der Waals surface area (Å²) < 4.78 is 0. The van der Waals surface area contributed by atoms with E-state index in [0.29, 0.717) is 18.0 Å². The molecule has 0 saturated heterocycles. The summed E-state index contributed by atoms with van der Waals surface area (Å²) in [4.78, 5) is 13.1. The maximum atomic E-state index is 11.0. The van der Waals surface area contributed by atoms with Crippen LogP contribution in [0.2, 0.25) is 0 Å². The molecule has 102 valence electrons. The van der Waals surface area contributed by atoms with Gasteiger partial charge in [0.2, 0.25) is 0 Å². The maximum Gasteiger partial charge on any atom is 0.317 e. The number of carboxylic acids is 1. The molecule has 0 aliphatic rings. The predicted molar refractivity (Wildman–Crippen MR) is 72.2 cm³/mol. The Hall–Kier alpha value is -0.570. The first kappa shape index (κ1) is 16.4. The molecule has 0 aliphatic heterocycles. The van der Waals surface area contributed by atoms with Gasteiger partial charge in [-0.25, -0.2) is 0 Å². The molecule has 0 saturated carbocycles. The Morgan fingerprint density at radius 1 is 1.12 bits per heavy atom. The van der Waals surface area contributed by atoms with Gasteiger partial charge in [-0.15, -0.1) is 0 Å². The van der Waals surface area contributed by atoms with Crippen molar-refractivity contribution in [3.63, 3.8) is 0 Å². The number of rotatable bonds is 9. The molecule has 1 N–H and O–H groups in total. The largest absolute Gasteiger partial charge is 0.480 e. The minimum absolute atomic E-state index is 0.171. The van der Waals surface area contributed by atoms with E-state index in [2.05, 4.69) is 39.5 Å². The SMILES string of the molecule is CCC(C)CC(CC)N(CC(=O)O)C(C)CC. The summed E-state index contributed by atoms with van der Waals surface area (Å²) in [5, 5.41) is 9.02. The molecule has 0 fully saturated rings. The lowest BCUT2D eigenvalue weighted by Crippen LogP contribution is -2.45. The second kappa shape index (κ2) is 8.51. The Labute approximate surface area is 106 Å². The van der Waals surface area contributed by atoms with Crippen LogP contribution in [0.15, 0.2) is 0 Å². The molecule has 0 heterocycles. The van der Waals surface area contributed by atoms with Crippen LogP contribution in [0.25, 0.3) is 0 Å². The number of hydrogen-bond acceptors (Lipinski definition) is 2. The Morgan fingerprint density at radius 2 is 1.71 bits per heavy atom. The van der Waals surface area contributed by atoms with Crippen molar-refractivity contribution in [2.24, 2.45) is 5.92 Å². The maximum absolute atomic E-state index is 11.0. The van der Waals surface area contributed by atoms with Gasteiger partial charge in [0.1, 0.15) is 0 Å². The van der Waals surface area contributed by atoms with Crippen molar-refractivity contribution >= 4 is 5.97 Å². The summed E-state index contributed by atoms with van der Waals surface area (Å²) >= 11 is 0. The second-order valence-electron chi connectivity index (χ2n) is 5.13. The van der Waals surface area contributed by atoms with E-state index in [1.54, 1.807) is 0 Å². The van der Waals surface area contributed by atoms with Crippen LogP contribution >= 0.6 is 0 Å². The van der Waals surface area contributed by atoms with Crippen LogP contribution in [-0.4, -0.2) is 34.6 Å². The lowest BCUT2D eigenvalue weighted by Gasteiger charge is -2.35. The third-order valence-corrected chi connectivity index (χ3v) is 3.79. The summed E-state index contributed by atoms with van der Waals surface area (Å²) in [5.41, 5.74) is 0. The van der Waals surface area contributed by atoms with Crippen molar-refractivity contribution in [1.82, 2.24) is 4.90 Å². The number of carbonyl (C=O) groups is 1. The first-order chi connectivity index (χ1) is 7.96. The number of nitrogens with zero attached hydrogens (tertiary/aromatic N) is 1. The van der Waals surface area contributed by atoms with Crippen molar-refractivity contribution in [2.75, 3.05) is 6.54 Å². The fourth-order valence-corrected chi connectivity index (χ4v) is 2.20. The van der Waals surface area contributed by atoms with Crippen molar-refractivity contribution in [3.8, 4) is 0 Å².